The van der Waals surface area contributed by atoms with Crippen molar-refractivity contribution in [3.63, 3.8) is 0 Å². The first-order chi connectivity index (χ1) is 9.42. The predicted molar refractivity (Wildman–Crippen MR) is 74.7 cm³/mol. The Kier molecular flexibility index (Phi) is 4.12. The lowest BCUT2D eigenvalue weighted by Gasteiger charge is -2.09. The van der Waals surface area contributed by atoms with E-state index in [2.05, 4.69) is 5.43 Å². The van der Waals surface area contributed by atoms with Crippen molar-refractivity contribution < 1.29 is 13.2 Å². The number of rotatable bonds is 4. The number of halogens is 1. The Bertz CT molecular complexity index is 740. The molecule has 1 aromatic heterocycles. The number of carbonyl (C=O) groups excluding carboxylic acids is 1. The zero-order valence-corrected chi connectivity index (χ0v) is 12.1. The summed E-state index contributed by atoms with van der Waals surface area (Å²) < 4.78 is 25.6. The van der Waals surface area contributed by atoms with E-state index in [1.165, 1.54) is 12.1 Å². The molecule has 0 aliphatic heterocycles. The normalized spacial score (nSPS) is 11.3. The number of aryl methyl sites for hydroxylation is 1. The van der Waals surface area contributed by atoms with Gasteiger partial charge in [0.25, 0.3) is 15.9 Å². The molecule has 0 fully saturated rings. The van der Waals surface area contributed by atoms with Gasteiger partial charge in [-0.15, -0.1) is 4.83 Å². The SMILES string of the molecule is Cn1cccc1C(=O)NNS(=O)(=O)c1ccccc1Cl. The number of aromatic nitrogens is 1. The van der Waals surface area contributed by atoms with E-state index in [0.29, 0.717) is 5.69 Å². The Hall–Kier alpha value is -1.83. The van der Waals surface area contributed by atoms with Crippen molar-refractivity contribution in [3.8, 4) is 0 Å². The minimum atomic E-state index is -3.91. The fourth-order valence-corrected chi connectivity index (χ4v) is 2.95. The summed E-state index contributed by atoms with van der Waals surface area (Å²) in [5.74, 6) is -0.562. The van der Waals surface area contributed by atoms with Crippen LogP contribution in [0.2, 0.25) is 5.02 Å². The molecule has 1 aromatic carbocycles. The number of amides is 1. The van der Waals surface area contributed by atoms with Gasteiger partial charge in [-0.1, -0.05) is 23.7 Å². The van der Waals surface area contributed by atoms with Gasteiger partial charge in [0.2, 0.25) is 0 Å². The number of hydrogen-bond donors (Lipinski definition) is 2. The van der Waals surface area contributed by atoms with Crippen molar-refractivity contribution in [2.75, 3.05) is 0 Å². The van der Waals surface area contributed by atoms with Crippen LogP contribution in [0.4, 0.5) is 0 Å². The number of nitrogens with one attached hydrogen (secondary N) is 2. The zero-order chi connectivity index (χ0) is 14.8. The van der Waals surface area contributed by atoms with Gasteiger partial charge in [-0.3, -0.25) is 10.2 Å². The van der Waals surface area contributed by atoms with Crippen LogP contribution in [-0.4, -0.2) is 18.9 Å². The maximum absolute atomic E-state index is 12.0. The fraction of sp³-hybridized carbons (Fsp3) is 0.0833. The van der Waals surface area contributed by atoms with Crippen LogP contribution in [0.5, 0.6) is 0 Å². The quantitative estimate of drug-likeness (QED) is 0.835. The Labute approximate surface area is 121 Å². The summed E-state index contributed by atoms with van der Waals surface area (Å²) in [7, 11) is -2.24. The maximum atomic E-state index is 12.0. The molecule has 0 radical (unpaired) electrons. The number of sulfonamides is 1. The highest BCUT2D eigenvalue weighted by molar-refractivity contribution is 7.89. The minimum absolute atomic E-state index is 0.0770. The van der Waals surface area contributed by atoms with Gasteiger partial charge < -0.3 is 4.57 Å². The Balaban J connectivity index is 2.13. The highest BCUT2D eigenvalue weighted by Gasteiger charge is 2.19. The largest absolute Gasteiger partial charge is 0.347 e. The molecular weight excluding hydrogens is 302 g/mol. The summed E-state index contributed by atoms with van der Waals surface area (Å²) in [6, 6.07) is 9.20. The standard InChI is InChI=1S/C12H12ClN3O3S/c1-16-8-4-6-10(16)12(17)14-15-20(18,19)11-7-3-2-5-9(11)13/h2-8,15H,1H3,(H,14,17). The van der Waals surface area contributed by atoms with Gasteiger partial charge in [-0.2, -0.15) is 0 Å². The average Bonchev–Trinajstić information content (AvgIpc) is 2.83. The molecule has 1 heterocycles. The van der Waals surface area contributed by atoms with Gasteiger partial charge in [-0.25, -0.2) is 8.42 Å². The van der Waals surface area contributed by atoms with Crippen molar-refractivity contribution in [1.82, 2.24) is 14.8 Å². The number of hydrogen-bond acceptors (Lipinski definition) is 3. The lowest BCUT2D eigenvalue weighted by Crippen LogP contribution is -2.42. The topological polar surface area (TPSA) is 80.2 Å². The second-order valence-electron chi connectivity index (χ2n) is 3.99. The third kappa shape index (κ3) is 3.01. The second kappa shape index (κ2) is 5.66. The molecule has 0 atom stereocenters. The monoisotopic (exact) mass is 313 g/mol. The number of benzene rings is 1. The molecule has 0 bridgehead atoms. The van der Waals surface area contributed by atoms with Crippen LogP contribution in [0, 0.1) is 0 Å². The molecule has 8 heteroatoms. The van der Waals surface area contributed by atoms with Crippen LogP contribution in [0.25, 0.3) is 0 Å². The molecule has 1 amide bonds. The highest BCUT2D eigenvalue weighted by atomic mass is 35.5. The molecule has 2 N–H and O–H groups in total. The fourth-order valence-electron chi connectivity index (χ4n) is 1.59. The van der Waals surface area contributed by atoms with Gasteiger partial charge in [0.05, 0.1) is 5.02 Å². The van der Waals surface area contributed by atoms with E-state index < -0.39 is 15.9 Å². The van der Waals surface area contributed by atoms with Gasteiger partial charge >= 0.3 is 0 Å². The van der Waals surface area contributed by atoms with Gasteiger partial charge in [0.15, 0.2) is 0 Å². The highest BCUT2D eigenvalue weighted by Crippen LogP contribution is 2.19. The minimum Gasteiger partial charge on any atom is -0.347 e. The molecule has 2 aromatic rings. The van der Waals surface area contributed by atoms with Crippen LogP contribution in [0.15, 0.2) is 47.5 Å². The molecule has 106 valence electrons. The van der Waals surface area contributed by atoms with Gasteiger partial charge in [0.1, 0.15) is 10.6 Å². The zero-order valence-electron chi connectivity index (χ0n) is 10.5. The maximum Gasteiger partial charge on any atom is 0.282 e. The number of hydrazine groups is 1. The Morgan fingerprint density at radius 2 is 1.90 bits per heavy atom. The molecule has 6 nitrogen and oxygen atoms in total. The van der Waals surface area contributed by atoms with E-state index >= 15 is 0 Å². The summed E-state index contributed by atoms with van der Waals surface area (Å²) in [4.78, 5) is 13.7. The molecule has 0 aliphatic rings. The van der Waals surface area contributed by atoms with E-state index in [0.717, 1.165) is 0 Å². The van der Waals surface area contributed by atoms with Crippen LogP contribution >= 0.6 is 11.6 Å². The molecule has 0 unspecified atom stereocenters. The van der Waals surface area contributed by atoms with Gasteiger partial charge in [-0.05, 0) is 24.3 Å². The molecule has 0 aliphatic carbocycles. The van der Waals surface area contributed by atoms with Crippen molar-refractivity contribution in [2.45, 2.75) is 4.90 Å². The lowest BCUT2D eigenvalue weighted by atomic mass is 10.4. The molecular formula is C12H12ClN3O3S. The number of carbonyl (C=O) groups is 1. The van der Waals surface area contributed by atoms with Crippen LogP contribution in [-0.2, 0) is 17.1 Å². The van der Waals surface area contributed by atoms with E-state index in [1.807, 2.05) is 4.83 Å². The smallest absolute Gasteiger partial charge is 0.282 e. The molecule has 2 rings (SSSR count). The summed E-state index contributed by atoms with van der Waals surface area (Å²) in [6.45, 7) is 0. The van der Waals surface area contributed by atoms with E-state index in [1.54, 1.807) is 42.1 Å². The van der Waals surface area contributed by atoms with Crippen molar-refractivity contribution in [2.24, 2.45) is 7.05 Å². The summed E-state index contributed by atoms with van der Waals surface area (Å²) in [5, 5.41) is 0.0770. The van der Waals surface area contributed by atoms with Crippen LogP contribution in [0.3, 0.4) is 0 Å². The Morgan fingerprint density at radius 3 is 2.50 bits per heavy atom. The van der Waals surface area contributed by atoms with Crippen LogP contribution < -0.4 is 10.3 Å². The van der Waals surface area contributed by atoms with Gasteiger partial charge in [0, 0.05) is 13.2 Å². The van der Waals surface area contributed by atoms with Crippen molar-refractivity contribution in [1.29, 1.82) is 0 Å². The summed E-state index contributed by atoms with van der Waals surface area (Å²) >= 11 is 5.81. The Morgan fingerprint density at radius 1 is 1.20 bits per heavy atom. The summed E-state index contributed by atoms with van der Waals surface area (Å²) in [5.41, 5.74) is 2.46. The third-order valence-corrected chi connectivity index (χ3v) is 4.35. The first-order valence-electron chi connectivity index (χ1n) is 5.60. The molecule has 20 heavy (non-hydrogen) atoms. The van der Waals surface area contributed by atoms with E-state index in [9.17, 15) is 13.2 Å². The van der Waals surface area contributed by atoms with Crippen molar-refractivity contribution >= 4 is 27.5 Å². The van der Waals surface area contributed by atoms with Crippen LogP contribution in [0.1, 0.15) is 10.5 Å². The first-order valence-corrected chi connectivity index (χ1v) is 7.46. The summed E-state index contributed by atoms with van der Waals surface area (Å²) in [6.07, 6.45) is 1.68. The molecule has 0 spiro atoms. The van der Waals surface area contributed by atoms with E-state index in [-0.39, 0.29) is 9.92 Å². The average molecular weight is 314 g/mol. The number of nitrogens with zero attached hydrogens (tertiary/aromatic N) is 1. The first kappa shape index (κ1) is 14.6. The van der Waals surface area contributed by atoms with E-state index in [4.69, 9.17) is 11.6 Å². The lowest BCUT2D eigenvalue weighted by molar-refractivity contribution is 0.0937. The second-order valence-corrected chi connectivity index (χ2v) is 6.05. The third-order valence-electron chi connectivity index (χ3n) is 2.60. The molecule has 0 saturated carbocycles. The molecule has 0 saturated heterocycles. The van der Waals surface area contributed by atoms with Crippen molar-refractivity contribution in [3.05, 3.63) is 53.3 Å². The predicted octanol–water partition coefficient (Wildman–Crippen LogP) is 1.30.